The summed E-state index contributed by atoms with van der Waals surface area (Å²) in [7, 11) is -4.48. The molecule has 0 amide bonds. The van der Waals surface area contributed by atoms with E-state index < -0.39 is 18.8 Å². The van der Waals surface area contributed by atoms with E-state index in [0.717, 1.165) is 49.4 Å². The molecule has 6 N–H and O–H groups in total. The number of rotatable bonds is 19. The summed E-state index contributed by atoms with van der Waals surface area (Å²) in [5.41, 5.74) is 9.58. The van der Waals surface area contributed by atoms with Gasteiger partial charge in [0.15, 0.2) is 0 Å². The SMILES string of the molecule is N[C@H](COCCCCCCCCCCCNC1=CC=C([N+](=O)[O-])N2ONC=C12)COP(=O)(O)O. The number of hydrogen-bond donors (Lipinski definition) is 5. The molecule has 0 fully saturated rings. The van der Waals surface area contributed by atoms with Crippen LogP contribution in [0.15, 0.2) is 35.6 Å². The third-order valence-corrected chi connectivity index (χ3v) is 5.68. The molecule has 0 saturated carbocycles. The van der Waals surface area contributed by atoms with Crippen LogP contribution in [0.25, 0.3) is 0 Å². The van der Waals surface area contributed by atoms with E-state index in [4.69, 9.17) is 25.2 Å². The van der Waals surface area contributed by atoms with Crippen molar-refractivity contribution in [2.24, 2.45) is 5.73 Å². The predicted molar refractivity (Wildman–Crippen MR) is 124 cm³/mol. The zero-order chi connectivity index (χ0) is 24.8. The average Bonchev–Trinajstić information content (AvgIpc) is 3.27. The van der Waals surface area contributed by atoms with Crippen LogP contribution in [-0.4, -0.2) is 52.2 Å². The molecule has 0 aromatic carbocycles. The molecule has 34 heavy (non-hydrogen) atoms. The fraction of sp³-hybridized carbons (Fsp3) is 0.700. The predicted octanol–water partition coefficient (Wildman–Crippen LogP) is 2.15. The van der Waals surface area contributed by atoms with E-state index in [9.17, 15) is 14.7 Å². The topological polar surface area (TPSA) is 182 Å². The van der Waals surface area contributed by atoms with E-state index in [2.05, 4.69) is 15.3 Å². The first-order valence-electron chi connectivity index (χ1n) is 11.5. The molecule has 0 spiro atoms. The van der Waals surface area contributed by atoms with Gasteiger partial charge in [-0.05, 0) is 28.9 Å². The van der Waals surface area contributed by atoms with Gasteiger partial charge in [-0.15, -0.1) is 0 Å². The molecule has 13 nitrogen and oxygen atoms in total. The summed E-state index contributed by atoms with van der Waals surface area (Å²) in [5.74, 6) is -0.135. The lowest BCUT2D eigenvalue weighted by atomic mass is 10.1. The fourth-order valence-electron chi connectivity index (χ4n) is 3.46. The maximum atomic E-state index is 11.0. The lowest BCUT2D eigenvalue weighted by Gasteiger charge is -2.18. The molecular formula is C20H36N5O8P. The third kappa shape index (κ3) is 11.0. The van der Waals surface area contributed by atoms with Crippen LogP contribution >= 0.6 is 7.82 Å². The number of nitrogens with one attached hydrogen (secondary N) is 2. The van der Waals surface area contributed by atoms with Crippen molar-refractivity contribution in [3.63, 3.8) is 0 Å². The van der Waals surface area contributed by atoms with Gasteiger partial charge in [-0.25, -0.2) is 10.0 Å². The molecule has 2 heterocycles. The van der Waals surface area contributed by atoms with E-state index >= 15 is 0 Å². The van der Waals surface area contributed by atoms with Crippen LogP contribution in [0.5, 0.6) is 0 Å². The van der Waals surface area contributed by atoms with Crippen molar-refractivity contribution in [2.75, 3.05) is 26.4 Å². The van der Waals surface area contributed by atoms with Crippen LogP contribution < -0.4 is 16.5 Å². The van der Waals surface area contributed by atoms with Gasteiger partial charge in [0, 0.05) is 19.2 Å². The number of hydroxylamine groups is 3. The van der Waals surface area contributed by atoms with Crippen LogP contribution in [0.2, 0.25) is 0 Å². The number of nitro groups is 1. The Morgan fingerprint density at radius 3 is 2.41 bits per heavy atom. The summed E-state index contributed by atoms with van der Waals surface area (Å²) in [5, 5.41) is 15.5. The summed E-state index contributed by atoms with van der Waals surface area (Å²) < 4.78 is 20.3. The number of unbranched alkanes of at least 4 members (excludes halogenated alkanes) is 8. The summed E-state index contributed by atoms with van der Waals surface area (Å²) in [6, 6.07) is -0.555. The van der Waals surface area contributed by atoms with E-state index in [1.807, 2.05) is 0 Å². The zero-order valence-corrected chi connectivity index (χ0v) is 20.2. The van der Waals surface area contributed by atoms with E-state index in [0.29, 0.717) is 12.3 Å². The monoisotopic (exact) mass is 505 g/mol. The number of phosphoric ester groups is 1. The smallest absolute Gasteiger partial charge is 0.381 e. The van der Waals surface area contributed by atoms with Gasteiger partial charge < -0.3 is 35.7 Å². The van der Waals surface area contributed by atoms with Gasteiger partial charge in [-0.3, -0.25) is 4.52 Å². The second-order valence-corrected chi connectivity index (χ2v) is 9.36. The lowest BCUT2D eigenvalue weighted by Crippen LogP contribution is -2.31. The van der Waals surface area contributed by atoms with Gasteiger partial charge in [0.25, 0.3) is 0 Å². The molecule has 0 aromatic rings. The highest BCUT2D eigenvalue weighted by molar-refractivity contribution is 7.46. The number of ether oxygens (including phenoxy) is 1. The molecule has 2 aliphatic heterocycles. The minimum absolute atomic E-state index is 0.135. The van der Waals surface area contributed by atoms with E-state index in [-0.39, 0.29) is 19.0 Å². The number of allylic oxidation sites excluding steroid dienone is 2. The van der Waals surface area contributed by atoms with Crippen LogP contribution in [0.3, 0.4) is 0 Å². The maximum Gasteiger partial charge on any atom is 0.469 e. The normalized spacial score (nSPS) is 16.3. The van der Waals surface area contributed by atoms with Gasteiger partial charge in [0.1, 0.15) is 0 Å². The molecule has 0 aromatic heterocycles. The number of nitrogens with zero attached hydrogens (tertiary/aromatic N) is 2. The van der Waals surface area contributed by atoms with Crippen molar-refractivity contribution < 1.29 is 33.5 Å². The van der Waals surface area contributed by atoms with E-state index in [1.54, 1.807) is 12.3 Å². The van der Waals surface area contributed by atoms with Gasteiger partial charge in [0.05, 0.1) is 31.2 Å². The molecule has 0 saturated heterocycles. The Morgan fingerprint density at radius 2 is 1.76 bits per heavy atom. The van der Waals surface area contributed by atoms with Crippen molar-refractivity contribution in [3.8, 4) is 0 Å². The number of nitrogens with two attached hydrogens (primary N) is 1. The van der Waals surface area contributed by atoms with Gasteiger partial charge in [0.2, 0.25) is 5.70 Å². The molecule has 1 atom stereocenters. The summed E-state index contributed by atoms with van der Waals surface area (Å²) >= 11 is 0. The summed E-state index contributed by atoms with van der Waals surface area (Å²) in [4.78, 5) is 32.8. The first-order valence-corrected chi connectivity index (χ1v) is 13.1. The second kappa shape index (κ2) is 15.1. The molecule has 0 unspecified atom stereocenters. The van der Waals surface area contributed by atoms with Crippen LogP contribution in [0.1, 0.15) is 57.8 Å². The minimum atomic E-state index is -4.48. The van der Waals surface area contributed by atoms with Crippen LogP contribution in [-0.2, 0) is 18.8 Å². The van der Waals surface area contributed by atoms with Crippen molar-refractivity contribution in [1.82, 2.24) is 15.9 Å². The largest absolute Gasteiger partial charge is 0.469 e. The summed E-state index contributed by atoms with van der Waals surface area (Å²) in [6.45, 7) is 1.34. The van der Waals surface area contributed by atoms with Crippen LogP contribution in [0, 0.1) is 10.1 Å². The second-order valence-electron chi connectivity index (χ2n) is 8.13. The van der Waals surface area contributed by atoms with Crippen LogP contribution in [0.4, 0.5) is 0 Å². The van der Waals surface area contributed by atoms with E-state index in [1.165, 1.54) is 31.8 Å². The molecule has 0 radical (unpaired) electrons. The maximum absolute atomic E-state index is 11.0. The molecule has 0 bridgehead atoms. The number of phosphoric acid groups is 1. The standard InChI is InChI=1S/C20H36N5O8P/c21-17(16-32-34(28,29)30)15-31-13-9-7-5-3-1-2-4-6-8-12-22-18-10-11-20(25(26)27)24-19(18)14-23-33-24/h10-11,14,17,22-23H,1-9,12-13,15-16,21H2,(H2,28,29,30)/t17-/m1/s1. The molecular weight excluding hydrogens is 469 g/mol. The van der Waals surface area contributed by atoms with Crippen molar-refractivity contribution >= 4 is 7.82 Å². The Hall–Kier alpha value is -1.99. The lowest BCUT2D eigenvalue weighted by molar-refractivity contribution is -0.465. The van der Waals surface area contributed by atoms with Crippen molar-refractivity contribution in [1.29, 1.82) is 0 Å². The first-order chi connectivity index (χ1) is 16.3. The summed E-state index contributed by atoms with van der Waals surface area (Å²) in [6.07, 6.45) is 14.7. The molecule has 0 aliphatic carbocycles. The Balaban J connectivity index is 1.38. The Kier molecular flexibility index (Phi) is 12.5. The number of hydrogen-bond acceptors (Lipinski definition) is 10. The first kappa shape index (κ1) is 28.2. The highest BCUT2D eigenvalue weighted by atomic mass is 31.2. The molecule has 194 valence electrons. The fourth-order valence-corrected chi connectivity index (χ4v) is 3.85. The zero-order valence-electron chi connectivity index (χ0n) is 19.3. The number of fused-ring (bicyclic) bond motifs is 1. The van der Waals surface area contributed by atoms with Crippen molar-refractivity contribution in [3.05, 3.63) is 45.7 Å². The van der Waals surface area contributed by atoms with Gasteiger partial charge >= 0.3 is 13.6 Å². The highest BCUT2D eigenvalue weighted by Crippen LogP contribution is 2.35. The Morgan fingerprint density at radius 1 is 1.12 bits per heavy atom. The quantitative estimate of drug-likeness (QED) is 0.0747. The van der Waals surface area contributed by atoms with Gasteiger partial charge in [-0.2, -0.15) is 0 Å². The molecule has 14 heteroatoms. The van der Waals surface area contributed by atoms with Crippen molar-refractivity contribution in [2.45, 2.75) is 63.8 Å². The minimum Gasteiger partial charge on any atom is -0.381 e. The highest BCUT2D eigenvalue weighted by Gasteiger charge is 2.37. The average molecular weight is 506 g/mol. The van der Waals surface area contributed by atoms with Gasteiger partial charge in [-0.1, -0.05) is 49.9 Å². The Labute approximate surface area is 199 Å². The third-order valence-electron chi connectivity index (χ3n) is 5.20. The molecule has 2 aliphatic rings. The Bertz CT molecular complexity index is 785. The molecule has 2 rings (SSSR count).